The number of hydrogen-bond acceptors (Lipinski definition) is 9. The summed E-state index contributed by atoms with van der Waals surface area (Å²) in [6, 6.07) is 2.48. The molecule has 38 heavy (non-hydrogen) atoms. The highest BCUT2D eigenvalue weighted by atomic mass is 35.5. The standard InChI is InChI=1S/C14H17ClFNO4.C11H11ClFNO3/c1-3-20-14(18)11-12(15)9(16)8-10-13(11)21-7-5-17(10)4-6-19-2;1-2-16-11(15)8-9(12)6(13)5-7-10(8)17-4-3-14-7/h8H,3-7H2,1-2H3;5,14H,2-4H2,1H3. The average Bonchev–Trinajstić information content (AvgIpc) is 2.89. The summed E-state index contributed by atoms with van der Waals surface area (Å²) in [6.07, 6.45) is 0. The first-order valence-corrected chi connectivity index (χ1v) is 12.6. The van der Waals surface area contributed by atoms with Gasteiger partial charge >= 0.3 is 11.9 Å². The van der Waals surface area contributed by atoms with E-state index in [1.165, 1.54) is 12.1 Å². The van der Waals surface area contributed by atoms with Gasteiger partial charge in [-0.05, 0) is 13.8 Å². The molecule has 0 bridgehead atoms. The van der Waals surface area contributed by atoms with Gasteiger partial charge in [0.05, 0.1) is 47.8 Å². The molecular weight excluding hydrogens is 549 g/mol. The van der Waals surface area contributed by atoms with Gasteiger partial charge in [-0.2, -0.15) is 0 Å². The first-order valence-electron chi connectivity index (χ1n) is 11.9. The number of benzene rings is 2. The van der Waals surface area contributed by atoms with Crippen LogP contribution in [0.25, 0.3) is 0 Å². The highest BCUT2D eigenvalue weighted by molar-refractivity contribution is 6.35. The van der Waals surface area contributed by atoms with Gasteiger partial charge in [0.2, 0.25) is 0 Å². The Morgan fingerprint density at radius 2 is 1.55 bits per heavy atom. The van der Waals surface area contributed by atoms with Crippen molar-refractivity contribution < 1.29 is 42.1 Å². The molecule has 208 valence electrons. The van der Waals surface area contributed by atoms with Crippen LogP contribution in [-0.2, 0) is 14.2 Å². The van der Waals surface area contributed by atoms with Crippen LogP contribution in [-0.4, -0.2) is 71.7 Å². The van der Waals surface area contributed by atoms with Crippen molar-refractivity contribution in [3.05, 3.63) is 44.9 Å². The number of hydrogen-bond donors (Lipinski definition) is 1. The molecule has 9 nitrogen and oxygen atoms in total. The number of carbonyl (C=O) groups is 2. The smallest absolute Gasteiger partial charge is 0.343 e. The van der Waals surface area contributed by atoms with Gasteiger partial charge in [-0.15, -0.1) is 0 Å². The Bertz CT molecular complexity index is 1180. The van der Waals surface area contributed by atoms with Gasteiger partial charge in [0.1, 0.15) is 36.0 Å². The third kappa shape index (κ3) is 6.51. The summed E-state index contributed by atoms with van der Waals surface area (Å²) in [7, 11) is 1.59. The average molecular weight is 577 g/mol. The maximum absolute atomic E-state index is 14.0. The molecule has 0 aromatic heterocycles. The summed E-state index contributed by atoms with van der Waals surface area (Å²) in [4.78, 5) is 25.6. The summed E-state index contributed by atoms with van der Waals surface area (Å²) in [6.45, 7) is 6.65. The van der Waals surface area contributed by atoms with Crippen molar-refractivity contribution in [2.75, 3.05) is 70.0 Å². The van der Waals surface area contributed by atoms with E-state index in [0.717, 1.165) is 0 Å². The molecule has 0 aliphatic carbocycles. The Labute approximate surface area is 228 Å². The first kappa shape index (κ1) is 29.5. The Kier molecular flexibility index (Phi) is 10.6. The van der Waals surface area contributed by atoms with Crippen molar-refractivity contribution in [2.24, 2.45) is 0 Å². The molecule has 0 saturated carbocycles. The molecule has 4 rings (SSSR count). The molecule has 0 radical (unpaired) electrons. The predicted molar refractivity (Wildman–Crippen MR) is 138 cm³/mol. The van der Waals surface area contributed by atoms with Crippen LogP contribution in [0.5, 0.6) is 11.5 Å². The third-order valence-electron chi connectivity index (χ3n) is 5.46. The van der Waals surface area contributed by atoms with Crippen LogP contribution in [0.4, 0.5) is 20.2 Å². The lowest BCUT2D eigenvalue weighted by molar-refractivity contribution is 0.0511. The maximum Gasteiger partial charge on any atom is 0.343 e. The van der Waals surface area contributed by atoms with E-state index in [4.69, 9.17) is 46.9 Å². The Hall–Kier alpha value is -3.02. The quantitative estimate of drug-likeness (QED) is 0.458. The maximum atomic E-state index is 14.0. The Morgan fingerprint density at radius 1 is 0.974 bits per heavy atom. The number of esters is 2. The number of methoxy groups -OCH3 is 1. The molecule has 0 saturated heterocycles. The zero-order valence-corrected chi connectivity index (χ0v) is 22.6. The second-order valence-electron chi connectivity index (χ2n) is 7.86. The van der Waals surface area contributed by atoms with E-state index in [0.29, 0.717) is 50.8 Å². The van der Waals surface area contributed by atoms with Crippen LogP contribution >= 0.6 is 23.2 Å². The fourth-order valence-corrected chi connectivity index (χ4v) is 4.22. The topological polar surface area (TPSA) is 95.6 Å². The van der Waals surface area contributed by atoms with Gasteiger partial charge < -0.3 is 33.9 Å². The molecular formula is C25H28Cl2F2N2O7. The zero-order chi connectivity index (χ0) is 27.8. The molecule has 2 aliphatic rings. The van der Waals surface area contributed by atoms with E-state index >= 15 is 0 Å². The molecule has 1 N–H and O–H groups in total. The highest BCUT2D eigenvalue weighted by Gasteiger charge is 2.30. The highest BCUT2D eigenvalue weighted by Crippen LogP contribution is 2.41. The van der Waals surface area contributed by atoms with Gasteiger partial charge in [0.25, 0.3) is 0 Å². The minimum Gasteiger partial charge on any atom is -0.489 e. The van der Waals surface area contributed by atoms with E-state index < -0.39 is 23.6 Å². The number of nitrogens with zero attached hydrogens (tertiary/aromatic N) is 1. The lowest BCUT2D eigenvalue weighted by atomic mass is 10.1. The Balaban J connectivity index is 0.000000215. The third-order valence-corrected chi connectivity index (χ3v) is 6.20. The summed E-state index contributed by atoms with van der Waals surface area (Å²) in [5, 5.41) is 2.39. The summed E-state index contributed by atoms with van der Waals surface area (Å²) in [5.41, 5.74) is 0.788. The monoisotopic (exact) mass is 576 g/mol. The molecule has 0 spiro atoms. The lowest BCUT2D eigenvalue weighted by Gasteiger charge is -2.32. The van der Waals surface area contributed by atoms with Crippen LogP contribution < -0.4 is 19.7 Å². The molecule has 0 fully saturated rings. The van der Waals surface area contributed by atoms with Gasteiger partial charge in [0, 0.05) is 32.3 Å². The molecule has 2 heterocycles. The van der Waals surface area contributed by atoms with Crippen molar-refractivity contribution in [1.29, 1.82) is 0 Å². The van der Waals surface area contributed by atoms with Crippen LogP contribution in [0.15, 0.2) is 12.1 Å². The van der Waals surface area contributed by atoms with Crippen LogP contribution in [0.2, 0.25) is 10.0 Å². The van der Waals surface area contributed by atoms with Crippen LogP contribution in [0.3, 0.4) is 0 Å². The Morgan fingerprint density at radius 3 is 2.16 bits per heavy atom. The van der Waals surface area contributed by atoms with Crippen molar-refractivity contribution in [2.45, 2.75) is 13.8 Å². The van der Waals surface area contributed by atoms with E-state index in [2.05, 4.69) is 5.32 Å². The van der Waals surface area contributed by atoms with Gasteiger partial charge in [-0.25, -0.2) is 18.4 Å². The summed E-state index contributed by atoms with van der Waals surface area (Å²) >= 11 is 11.7. The first-order chi connectivity index (χ1) is 18.2. The summed E-state index contributed by atoms with van der Waals surface area (Å²) in [5.74, 6) is -2.20. The number of nitrogens with one attached hydrogen (secondary N) is 1. The van der Waals surface area contributed by atoms with Gasteiger partial charge in [-0.1, -0.05) is 23.2 Å². The zero-order valence-electron chi connectivity index (χ0n) is 21.1. The fraction of sp³-hybridized carbons (Fsp3) is 0.440. The van der Waals surface area contributed by atoms with Crippen molar-refractivity contribution in [3.8, 4) is 11.5 Å². The number of ether oxygens (including phenoxy) is 5. The van der Waals surface area contributed by atoms with Crippen molar-refractivity contribution in [1.82, 2.24) is 0 Å². The van der Waals surface area contributed by atoms with Crippen LogP contribution in [0, 0.1) is 11.6 Å². The van der Waals surface area contributed by atoms with Crippen molar-refractivity contribution >= 4 is 46.5 Å². The molecule has 2 aromatic carbocycles. The molecule has 13 heteroatoms. The molecule has 2 aromatic rings. The number of anilines is 2. The van der Waals surface area contributed by atoms with Crippen LogP contribution in [0.1, 0.15) is 34.6 Å². The van der Waals surface area contributed by atoms with E-state index in [1.54, 1.807) is 21.0 Å². The van der Waals surface area contributed by atoms with Gasteiger partial charge in [0.15, 0.2) is 11.5 Å². The lowest BCUT2D eigenvalue weighted by Crippen LogP contribution is -2.36. The second-order valence-corrected chi connectivity index (χ2v) is 8.62. The molecule has 0 atom stereocenters. The number of rotatable bonds is 7. The predicted octanol–water partition coefficient (Wildman–Crippen LogP) is 4.96. The molecule has 0 amide bonds. The molecule has 0 unspecified atom stereocenters. The van der Waals surface area contributed by atoms with Crippen molar-refractivity contribution in [3.63, 3.8) is 0 Å². The number of fused-ring (bicyclic) bond motifs is 2. The molecule has 2 aliphatic heterocycles. The second kappa shape index (κ2) is 13.7. The van der Waals surface area contributed by atoms with Gasteiger partial charge in [-0.3, -0.25) is 0 Å². The minimum atomic E-state index is -0.688. The number of carbonyl (C=O) groups excluding carboxylic acids is 2. The fourth-order valence-electron chi connectivity index (χ4n) is 3.79. The summed E-state index contributed by atoms with van der Waals surface area (Å²) < 4.78 is 53.2. The van der Waals surface area contributed by atoms with E-state index in [9.17, 15) is 18.4 Å². The minimum absolute atomic E-state index is 0.0595. The largest absolute Gasteiger partial charge is 0.489 e. The SMILES string of the molecule is CCOC(=O)c1c(Cl)c(F)cc2c1OCCN2.CCOC(=O)c1c(Cl)c(F)cc2c1OCCN2CCOC. The van der Waals surface area contributed by atoms with E-state index in [1.807, 2.05) is 4.90 Å². The normalized spacial score (nSPS) is 13.5. The number of halogens is 4. The van der Waals surface area contributed by atoms with E-state index in [-0.39, 0.29) is 45.9 Å².